The lowest BCUT2D eigenvalue weighted by Gasteiger charge is -2.39. The third-order valence-corrected chi connectivity index (χ3v) is 42.2. The van der Waals surface area contributed by atoms with Gasteiger partial charge in [0.05, 0.1) is 0 Å². The van der Waals surface area contributed by atoms with Gasteiger partial charge in [0.15, 0.2) is 0 Å². The maximum Gasteiger partial charge on any atom is 0.276 e. The van der Waals surface area contributed by atoms with Gasteiger partial charge < -0.3 is 9.47 Å². The molecule has 2 fully saturated rings. The monoisotopic (exact) mass is 1050 g/mol. The van der Waals surface area contributed by atoms with Gasteiger partial charge in [0, 0.05) is 13.2 Å². The zero-order valence-electron chi connectivity index (χ0n) is 49.9. The lowest BCUT2D eigenvalue weighted by Crippen LogP contribution is -2.51. The summed E-state index contributed by atoms with van der Waals surface area (Å²) in [6, 6.07) is 0. The van der Waals surface area contributed by atoms with Gasteiger partial charge in [0.25, 0.3) is 13.0 Å². The molecule has 6 atom stereocenters. The molecule has 0 N–H and O–H groups in total. The number of fused-ring (bicyclic) bond motifs is 2. The molecule has 0 saturated carbocycles. The second-order valence-electron chi connectivity index (χ2n) is 24.3. The highest BCUT2D eigenvalue weighted by molar-refractivity contribution is 6.92. The predicted molar refractivity (Wildman–Crippen MR) is 312 cm³/mol. The van der Waals surface area contributed by atoms with Gasteiger partial charge in [-0.15, -0.1) is 22.2 Å². The summed E-state index contributed by atoms with van der Waals surface area (Å²) in [7, 11) is -9.71. The molecule has 1 aliphatic carbocycles. The second-order valence-corrected chi connectivity index (χ2v) is 46.6. The quantitative estimate of drug-likeness (QED) is 0.113. The molecule has 0 radical (unpaired) electrons. The van der Waals surface area contributed by atoms with E-state index < -0.39 is 67.7 Å². The Hall–Kier alpha value is -2.89. The summed E-state index contributed by atoms with van der Waals surface area (Å²) in [5.41, 5.74) is 12.7. The lowest BCUT2D eigenvalue weighted by molar-refractivity contribution is -0.243. The normalized spacial score (nSPS) is 25.2. The number of hydrogen-bond donors (Lipinski definition) is 0. The summed E-state index contributed by atoms with van der Waals surface area (Å²) in [6.45, 7) is 57.1. The summed E-state index contributed by atoms with van der Waals surface area (Å²) in [5.74, 6) is 42.0. The minimum absolute atomic E-state index is 0.309. The smallest absolute Gasteiger partial charge is 0.276 e. The van der Waals surface area contributed by atoms with Crippen molar-refractivity contribution in [3.05, 3.63) is 0 Å². The van der Waals surface area contributed by atoms with Crippen molar-refractivity contribution in [1.29, 1.82) is 0 Å². The zero-order chi connectivity index (χ0) is 55.1. The fourth-order valence-electron chi connectivity index (χ4n) is 13.4. The molecule has 0 aromatic carbocycles. The van der Waals surface area contributed by atoms with Gasteiger partial charge in [-0.1, -0.05) is 190 Å². The first-order valence-corrected chi connectivity index (χ1v) is 36.5. The Morgan fingerprint density at radius 1 is 0.319 bits per heavy atom. The molecule has 2 heterocycles. The molecule has 0 aromatic rings. The number of hydrogen-bond acceptors (Lipinski definition) is 6. The molecule has 0 aromatic heterocycles. The van der Waals surface area contributed by atoms with E-state index in [1.54, 1.807) is 0 Å². The van der Waals surface area contributed by atoms with Crippen LogP contribution in [0.25, 0.3) is 0 Å². The van der Waals surface area contributed by atoms with E-state index in [4.69, 9.17) is 28.4 Å². The van der Waals surface area contributed by atoms with Crippen molar-refractivity contribution in [2.24, 2.45) is 0 Å². The van der Waals surface area contributed by atoms with Crippen LogP contribution in [0.15, 0.2) is 0 Å². The van der Waals surface area contributed by atoms with Gasteiger partial charge >= 0.3 is 0 Å². The molecular formula is C62H96O6Si4. The first-order chi connectivity index (χ1) is 33.3. The average Bonchev–Trinajstić information content (AvgIpc) is 3.71. The van der Waals surface area contributed by atoms with E-state index in [0.717, 1.165) is 0 Å². The van der Waals surface area contributed by atoms with Crippen molar-refractivity contribution in [3.8, 4) is 93.2 Å². The average molecular weight is 1050 g/mol. The fourth-order valence-corrected chi connectivity index (χ4v) is 34.5. The molecule has 0 bridgehead atoms. The van der Waals surface area contributed by atoms with Crippen LogP contribution >= 0.6 is 0 Å². The minimum Gasteiger partial charge on any atom is -0.330 e. The van der Waals surface area contributed by atoms with Gasteiger partial charge in [0.2, 0.25) is 22.4 Å². The van der Waals surface area contributed by atoms with Gasteiger partial charge in [-0.25, -0.2) is 0 Å². The Balaban J connectivity index is 2.93. The van der Waals surface area contributed by atoms with Crippen molar-refractivity contribution in [1.82, 2.24) is 0 Å². The first-order valence-electron chi connectivity index (χ1n) is 27.5. The summed E-state index contributed by atoms with van der Waals surface area (Å²) >= 11 is 0. The SMILES string of the molecule is CCOC1O[C@@]2(C#C[Si](C(C)C)(C(C)C)C(C)C)C#CC#C[C@@]3(C#C[Si](C(C)C)(C(C)C)C(C)C)OC(OCC)O[C@@]3(C#C[Si](C(C)C)(C(C)C)C(C)C)C#CC#C[C@@]2(C#C[Si](C(C)C)(C(C)C)C(C)C)O1. The van der Waals surface area contributed by atoms with Crippen LogP contribution in [0.2, 0.25) is 66.5 Å². The number of rotatable bonds is 16. The Morgan fingerprint density at radius 2 is 0.472 bits per heavy atom. The van der Waals surface area contributed by atoms with E-state index in [0.29, 0.717) is 79.7 Å². The lowest BCUT2D eigenvalue weighted by atomic mass is 9.83. The van der Waals surface area contributed by atoms with E-state index in [2.05, 4.69) is 259 Å². The van der Waals surface area contributed by atoms with Crippen molar-refractivity contribution in [2.75, 3.05) is 13.2 Å². The van der Waals surface area contributed by atoms with Crippen LogP contribution in [-0.4, -0.2) is 80.9 Å². The Morgan fingerprint density at radius 3 is 0.597 bits per heavy atom. The molecular weight excluding hydrogens is 953 g/mol. The van der Waals surface area contributed by atoms with Gasteiger partial charge in [-0.3, -0.25) is 18.9 Å². The van der Waals surface area contributed by atoms with E-state index in [9.17, 15) is 0 Å². The topological polar surface area (TPSA) is 55.4 Å². The van der Waals surface area contributed by atoms with Crippen LogP contribution in [-0.2, 0) is 28.4 Å². The van der Waals surface area contributed by atoms with E-state index in [-0.39, 0.29) is 0 Å². The van der Waals surface area contributed by atoms with Gasteiger partial charge in [0.1, 0.15) is 32.3 Å². The van der Waals surface area contributed by atoms with E-state index >= 15 is 0 Å². The third kappa shape index (κ3) is 11.6. The fraction of sp³-hybridized carbons (Fsp3) is 0.742. The summed E-state index contributed by atoms with van der Waals surface area (Å²) in [6.07, 6.45) is 0. The maximum atomic E-state index is 6.99. The predicted octanol–water partition coefficient (Wildman–Crippen LogP) is 14.6. The maximum absolute atomic E-state index is 6.99. The molecule has 0 amide bonds. The van der Waals surface area contributed by atoms with Gasteiger partial charge in [-0.05, 0) is 128 Å². The summed E-state index contributed by atoms with van der Waals surface area (Å²) in [4.78, 5) is 0. The molecule has 0 spiro atoms. The van der Waals surface area contributed by atoms with Crippen molar-refractivity contribution in [3.63, 3.8) is 0 Å². The molecule has 3 rings (SSSR count). The van der Waals surface area contributed by atoms with Crippen LogP contribution in [0.5, 0.6) is 0 Å². The largest absolute Gasteiger partial charge is 0.330 e. The van der Waals surface area contributed by atoms with Crippen LogP contribution in [0.1, 0.15) is 180 Å². The highest BCUT2D eigenvalue weighted by Crippen LogP contribution is 2.48. The Labute approximate surface area is 446 Å². The molecule has 396 valence electrons. The molecule has 6 nitrogen and oxygen atoms in total. The zero-order valence-corrected chi connectivity index (χ0v) is 53.9. The van der Waals surface area contributed by atoms with Crippen LogP contribution in [0.4, 0.5) is 0 Å². The van der Waals surface area contributed by atoms with Crippen molar-refractivity contribution in [2.45, 2.75) is 282 Å². The molecule has 2 saturated heterocycles. The molecule has 3 aliphatic rings. The van der Waals surface area contributed by atoms with Crippen molar-refractivity contribution < 1.29 is 28.4 Å². The Bertz CT molecular complexity index is 2000. The van der Waals surface area contributed by atoms with Crippen LogP contribution in [0, 0.1) is 93.2 Å². The summed E-state index contributed by atoms with van der Waals surface area (Å²) < 4.78 is 40.4. The highest BCUT2D eigenvalue weighted by atomic mass is 28.3. The molecule has 72 heavy (non-hydrogen) atoms. The van der Waals surface area contributed by atoms with Gasteiger partial charge in [-0.2, -0.15) is 0 Å². The van der Waals surface area contributed by atoms with E-state index in [1.807, 2.05) is 13.8 Å². The molecule has 2 aliphatic heterocycles. The standard InChI is InChI=1S/C62H96O6Si4/c1-27-63-57-65-59(37-41-69(45(3)4,46(5)6)47(7)8)33-29-31-35-61(39-43-71(51(15)16,52(17)18)53(19)20)62(68-58(67-61)64-28-2,40-44-72(54(21)22,55(23)24)56(25)26)36-32-30-34-60(59,66-57)38-42-70(48(9)10,49(11)12)50(13)14/h45-58H,27-28H2,1-26H3/t57?,58?,59-,60+,61+,62-. The van der Waals surface area contributed by atoms with Crippen molar-refractivity contribution >= 4 is 32.3 Å². The van der Waals surface area contributed by atoms with Crippen LogP contribution < -0.4 is 0 Å². The minimum atomic E-state index is -2.43. The third-order valence-electron chi connectivity index (χ3n) is 17.1. The van der Waals surface area contributed by atoms with E-state index in [1.165, 1.54) is 0 Å². The highest BCUT2D eigenvalue weighted by Gasteiger charge is 2.63. The second kappa shape index (κ2) is 24.8. The molecule has 10 heteroatoms. The Kier molecular flexibility index (Phi) is 21.9. The number of ether oxygens (including phenoxy) is 6. The van der Waals surface area contributed by atoms with Crippen LogP contribution in [0.3, 0.4) is 0 Å². The first kappa shape index (κ1) is 63.4. The molecule has 2 unspecified atom stereocenters. The summed E-state index contributed by atoms with van der Waals surface area (Å²) in [5, 5.41) is 0.